The van der Waals surface area contributed by atoms with Crippen molar-refractivity contribution < 1.29 is 13.5 Å². The van der Waals surface area contributed by atoms with E-state index in [0.717, 1.165) is 0 Å². The molecule has 0 aliphatic rings. The summed E-state index contributed by atoms with van der Waals surface area (Å²) in [7, 11) is 1.30. The number of aryl methyl sites for hydroxylation is 1. The van der Waals surface area contributed by atoms with Crippen LogP contribution in [-0.4, -0.2) is 7.11 Å². The van der Waals surface area contributed by atoms with Crippen LogP contribution in [-0.2, 0) is 0 Å². The van der Waals surface area contributed by atoms with E-state index in [0.29, 0.717) is 0 Å². The number of rotatable bonds is 1. The quantitative estimate of drug-likeness (QED) is 0.657. The lowest BCUT2D eigenvalue weighted by atomic mass is 10.2. The fourth-order valence-corrected chi connectivity index (χ4v) is 0.786. The highest BCUT2D eigenvalue weighted by atomic mass is 19.2. The highest BCUT2D eigenvalue weighted by molar-refractivity contribution is 5.29. The molecule has 0 aromatic heterocycles. The Morgan fingerprint density at radius 3 is 2.08 bits per heavy atom. The third-order valence-electron chi connectivity index (χ3n) is 1.46. The van der Waals surface area contributed by atoms with Crippen molar-refractivity contribution in [3.05, 3.63) is 29.3 Å². The number of ether oxygens (including phenoxy) is 1. The summed E-state index contributed by atoms with van der Waals surface area (Å²) in [5.74, 6) is -1.83. The summed E-state index contributed by atoms with van der Waals surface area (Å²) in [6.07, 6.45) is 0. The predicted molar refractivity (Wildman–Crippen MR) is 49.0 cm³/mol. The minimum absolute atomic E-state index is 0.0619. The number of benzene rings is 1. The smallest absolute Gasteiger partial charge is 0.200 e. The normalized spacial score (nSPS) is 8.77. The van der Waals surface area contributed by atoms with Crippen LogP contribution in [0.3, 0.4) is 0 Å². The molecular weight excluding hydrogens is 174 g/mol. The standard InChI is InChI=1S/C8H8F2O.C2H6/c1-5-3-4-6(11-2)8(10)7(5)9;1-2/h3-4H,1-2H3;1-2H3. The molecule has 0 bridgehead atoms. The van der Waals surface area contributed by atoms with Crippen LogP contribution < -0.4 is 4.74 Å². The second kappa shape index (κ2) is 5.51. The molecule has 1 nitrogen and oxygen atoms in total. The molecule has 0 aliphatic carbocycles. The molecule has 74 valence electrons. The maximum atomic E-state index is 12.8. The molecule has 0 N–H and O–H groups in total. The van der Waals surface area contributed by atoms with E-state index >= 15 is 0 Å². The minimum atomic E-state index is -0.924. The van der Waals surface area contributed by atoms with Gasteiger partial charge in [-0.25, -0.2) is 4.39 Å². The van der Waals surface area contributed by atoms with E-state index < -0.39 is 11.6 Å². The maximum Gasteiger partial charge on any atom is 0.200 e. The van der Waals surface area contributed by atoms with Gasteiger partial charge in [-0.15, -0.1) is 0 Å². The summed E-state index contributed by atoms with van der Waals surface area (Å²) in [5.41, 5.74) is 0.281. The van der Waals surface area contributed by atoms with Crippen LogP contribution in [0.4, 0.5) is 8.78 Å². The number of hydrogen-bond acceptors (Lipinski definition) is 1. The lowest BCUT2D eigenvalue weighted by molar-refractivity contribution is 0.371. The van der Waals surface area contributed by atoms with Gasteiger partial charge in [0.25, 0.3) is 0 Å². The van der Waals surface area contributed by atoms with Gasteiger partial charge < -0.3 is 4.74 Å². The molecule has 0 saturated heterocycles. The number of hydrogen-bond donors (Lipinski definition) is 0. The number of methoxy groups -OCH3 is 1. The van der Waals surface area contributed by atoms with E-state index in [9.17, 15) is 8.78 Å². The van der Waals surface area contributed by atoms with Gasteiger partial charge in [-0.1, -0.05) is 19.9 Å². The molecule has 0 saturated carbocycles. The molecule has 0 amide bonds. The average Bonchev–Trinajstić information content (AvgIpc) is 2.18. The minimum Gasteiger partial charge on any atom is -0.494 e. The topological polar surface area (TPSA) is 9.23 Å². The van der Waals surface area contributed by atoms with Crippen molar-refractivity contribution in [1.82, 2.24) is 0 Å². The summed E-state index contributed by atoms with van der Waals surface area (Å²) in [5, 5.41) is 0. The van der Waals surface area contributed by atoms with Crippen molar-refractivity contribution in [1.29, 1.82) is 0 Å². The second-order valence-electron chi connectivity index (χ2n) is 2.21. The Morgan fingerprint density at radius 2 is 1.62 bits per heavy atom. The van der Waals surface area contributed by atoms with Crippen molar-refractivity contribution in [2.45, 2.75) is 20.8 Å². The SMILES string of the molecule is CC.COc1ccc(C)c(F)c1F. The summed E-state index contributed by atoms with van der Waals surface area (Å²) < 4.78 is 30.1. The van der Waals surface area contributed by atoms with Crippen LogP contribution in [0.15, 0.2) is 12.1 Å². The van der Waals surface area contributed by atoms with Crippen molar-refractivity contribution in [3.8, 4) is 5.75 Å². The molecule has 0 aliphatic heterocycles. The first-order chi connectivity index (χ1) is 6.16. The van der Waals surface area contributed by atoms with Crippen LogP contribution in [0, 0.1) is 18.6 Å². The fourth-order valence-electron chi connectivity index (χ4n) is 0.786. The second-order valence-corrected chi connectivity index (χ2v) is 2.21. The van der Waals surface area contributed by atoms with Gasteiger partial charge in [0.15, 0.2) is 11.6 Å². The Kier molecular flexibility index (Phi) is 5.04. The summed E-state index contributed by atoms with van der Waals surface area (Å²) in [6, 6.07) is 2.87. The van der Waals surface area contributed by atoms with E-state index in [1.807, 2.05) is 13.8 Å². The molecular formula is C10H14F2O. The molecule has 0 heterocycles. The molecule has 0 radical (unpaired) electrons. The Bertz CT molecular complexity index is 272. The Hall–Kier alpha value is -1.12. The van der Waals surface area contributed by atoms with Gasteiger partial charge in [0.05, 0.1) is 7.11 Å². The van der Waals surface area contributed by atoms with Gasteiger partial charge in [0, 0.05) is 0 Å². The molecule has 13 heavy (non-hydrogen) atoms. The highest BCUT2D eigenvalue weighted by Gasteiger charge is 2.09. The van der Waals surface area contributed by atoms with Crippen LogP contribution >= 0.6 is 0 Å². The molecule has 1 aromatic rings. The Morgan fingerprint density at radius 1 is 1.08 bits per heavy atom. The van der Waals surface area contributed by atoms with Gasteiger partial charge in [0.1, 0.15) is 0 Å². The molecule has 0 atom stereocenters. The molecule has 0 fully saturated rings. The highest BCUT2D eigenvalue weighted by Crippen LogP contribution is 2.21. The summed E-state index contributed by atoms with van der Waals surface area (Å²) in [4.78, 5) is 0. The molecule has 0 spiro atoms. The van der Waals surface area contributed by atoms with E-state index in [-0.39, 0.29) is 11.3 Å². The van der Waals surface area contributed by atoms with Crippen molar-refractivity contribution in [2.75, 3.05) is 7.11 Å². The first kappa shape index (κ1) is 11.9. The molecule has 0 unspecified atom stereocenters. The van der Waals surface area contributed by atoms with Gasteiger partial charge in [-0.2, -0.15) is 4.39 Å². The zero-order valence-corrected chi connectivity index (χ0v) is 8.32. The zero-order chi connectivity index (χ0) is 10.4. The average molecular weight is 188 g/mol. The van der Waals surface area contributed by atoms with Crippen molar-refractivity contribution >= 4 is 0 Å². The summed E-state index contributed by atoms with van der Waals surface area (Å²) >= 11 is 0. The lowest BCUT2D eigenvalue weighted by Crippen LogP contribution is -1.93. The summed E-state index contributed by atoms with van der Waals surface area (Å²) in [6.45, 7) is 5.50. The van der Waals surface area contributed by atoms with Crippen LogP contribution in [0.2, 0.25) is 0 Å². The Labute approximate surface area is 77.3 Å². The molecule has 3 heteroatoms. The first-order valence-corrected chi connectivity index (χ1v) is 4.15. The van der Waals surface area contributed by atoms with Crippen molar-refractivity contribution in [2.24, 2.45) is 0 Å². The van der Waals surface area contributed by atoms with E-state index in [1.165, 1.54) is 26.2 Å². The van der Waals surface area contributed by atoms with Crippen LogP contribution in [0.5, 0.6) is 5.75 Å². The van der Waals surface area contributed by atoms with Gasteiger partial charge in [-0.05, 0) is 18.6 Å². The fraction of sp³-hybridized carbons (Fsp3) is 0.400. The van der Waals surface area contributed by atoms with E-state index in [1.54, 1.807) is 0 Å². The van der Waals surface area contributed by atoms with E-state index in [2.05, 4.69) is 4.74 Å². The van der Waals surface area contributed by atoms with Gasteiger partial charge in [-0.3, -0.25) is 0 Å². The largest absolute Gasteiger partial charge is 0.494 e. The Balaban J connectivity index is 0.000000671. The lowest BCUT2D eigenvalue weighted by Gasteiger charge is -2.03. The van der Waals surface area contributed by atoms with Crippen LogP contribution in [0.1, 0.15) is 19.4 Å². The first-order valence-electron chi connectivity index (χ1n) is 4.15. The third-order valence-corrected chi connectivity index (χ3v) is 1.46. The van der Waals surface area contributed by atoms with Gasteiger partial charge >= 0.3 is 0 Å². The van der Waals surface area contributed by atoms with E-state index in [4.69, 9.17) is 0 Å². The molecule has 1 rings (SSSR count). The predicted octanol–water partition coefficient (Wildman–Crippen LogP) is 3.31. The monoisotopic (exact) mass is 188 g/mol. The third kappa shape index (κ3) is 2.68. The zero-order valence-electron chi connectivity index (χ0n) is 8.32. The molecule has 1 aromatic carbocycles. The van der Waals surface area contributed by atoms with Crippen LogP contribution in [0.25, 0.3) is 0 Å². The van der Waals surface area contributed by atoms with Crippen molar-refractivity contribution in [3.63, 3.8) is 0 Å². The van der Waals surface area contributed by atoms with Gasteiger partial charge in [0.2, 0.25) is 5.82 Å². The maximum absolute atomic E-state index is 12.8. The number of halogens is 2.